The van der Waals surface area contributed by atoms with Crippen molar-refractivity contribution in [1.29, 1.82) is 0 Å². The maximum absolute atomic E-state index is 11.4. The maximum Gasteiger partial charge on any atom is 0.347 e. The zero-order chi connectivity index (χ0) is 11.0. The van der Waals surface area contributed by atoms with Gasteiger partial charge in [-0.05, 0) is 30.4 Å². The molecule has 0 amide bonds. The number of aromatic nitrogens is 3. The normalized spacial score (nSPS) is 10.5. The van der Waals surface area contributed by atoms with Crippen LogP contribution in [-0.2, 0) is 0 Å². The van der Waals surface area contributed by atoms with E-state index in [4.69, 9.17) is 23.8 Å². The van der Waals surface area contributed by atoms with Gasteiger partial charge >= 0.3 is 5.69 Å². The number of nitrogens with one attached hydrogen (secondary N) is 2. The van der Waals surface area contributed by atoms with Crippen LogP contribution >= 0.6 is 39.7 Å². The van der Waals surface area contributed by atoms with E-state index >= 15 is 0 Å². The van der Waals surface area contributed by atoms with Crippen LogP contribution in [0.25, 0.3) is 5.69 Å². The quantitative estimate of drug-likeness (QED) is 0.796. The van der Waals surface area contributed by atoms with Gasteiger partial charge in [0.25, 0.3) is 0 Å². The fourth-order valence-corrected chi connectivity index (χ4v) is 1.97. The fraction of sp³-hybridized carbons (Fsp3) is 0. The van der Waals surface area contributed by atoms with Gasteiger partial charge in [0.2, 0.25) is 4.77 Å². The summed E-state index contributed by atoms with van der Waals surface area (Å²) < 4.78 is 2.40. The van der Waals surface area contributed by atoms with Crippen LogP contribution in [0, 0.1) is 4.77 Å². The third kappa shape index (κ3) is 1.92. The van der Waals surface area contributed by atoms with Crippen molar-refractivity contribution in [3.63, 3.8) is 0 Å². The Morgan fingerprint density at radius 3 is 2.73 bits per heavy atom. The van der Waals surface area contributed by atoms with E-state index in [-0.39, 0.29) is 10.5 Å². The predicted octanol–water partition coefficient (Wildman–Crippen LogP) is 2.64. The van der Waals surface area contributed by atoms with E-state index in [0.29, 0.717) is 10.7 Å². The van der Waals surface area contributed by atoms with Crippen LogP contribution in [0.1, 0.15) is 0 Å². The number of hydrogen-bond donors (Lipinski definition) is 2. The molecule has 0 radical (unpaired) electrons. The lowest BCUT2D eigenvalue weighted by Gasteiger charge is -2.03. The Bertz CT molecular complexity index is 587. The molecule has 0 spiro atoms. The van der Waals surface area contributed by atoms with E-state index in [2.05, 4.69) is 26.1 Å². The smallest absolute Gasteiger partial charge is 0.272 e. The van der Waals surface area contributed by atoms with Crippen molar-refractivity contribution in [2.24, 2.45) is 0 Å². The summed E-state index contributed by atoms with van der Waals surface area (Å²) in [5, 5.41) is 5.39. The molecule has 4 nitrogen and oxygen atoms in total. The summed E-state index contributed by atoms with van der Waals surface area (Å²) in [6.07, 6.45) is 0. The molecule has 0 bridgehead atoms. The zero-order valence-electron chi connectivity index (χ0n) is 7.25. The van der Waals surface area contributed by atoms with Crippen LogP contribution in [-0.4, -0.2) is 14.8 Å². The van der Waals surface area contributed by atoms with E-state index < -0.39 is 0 Å². The lowest BCUT2D eigenvalue weighted by molar-refractivity contribution is 0.974. The van der Waals surface area contributed by atoms with Crippen molar-refractivity contribution in [1.82, 2.24) is 14.8 Å². The molecule has 7 heteroatoms. The van der Waals surface area contributed by atoms with Gasteiger partial charge in [0.05, 0.1) is 10.7 Å². The van der Waals surface area contributed by atoms with Gasteiger partial charge in [-0.3, -0.25) is 5.10 Å². The highest BCUT2D eigenvalue weighted by Gasteiger charge is 2.08. The summed E-state index contributed by atoms with van der Waals surface area (Å²) >= 11 is 14.2. The van der Waals surface area contributed by atoms with E-state index in [1.165, 1.54) is 4.57 Å². The third-order valence-corrected chi connectivity index (χ3v) is 2.93. The highest BCUT2D eigenvalue weighted by atomic mass is 79.9. The van der Waals surface area contributed by atoms with E-state index in [1.807, 2.05) is 0 Å². The van der Waals surface area contributed by atoms with Crippen LogP contribution in [0.3, 0.4) is 0 Å². The molecule has 1 aromatic heterocycles. The molecule has 0 aliphatic carbocycles. The minimum Gasteiger partial charge on any atom is -0.272 e. The molecule has 15 heavy (non-hydrogen) atoms. The number of aromatic amines is 2. The average molecular weight is 307 g/mol. The molecule has 2 rings (SSSR count). The monoisotopic (exact) mass is 305 g/mol. The SMILES string of the molecule is O=c1[nH][nH]c(=S)n1-c1cc(Br)ccc1Cl. The van der Waals surface area contributed by atoms with Crippen LogP contribution in [0.2, 0.25) is 5.02 Å². The predicted molar refractivity (Wildman–Crippen MR) is 64.3 cm³/mol. The highest BCUT2D eigenvalue weighted by molar-refractivity contribution is 9.10. The van der Waals surface area contributed by atoms with Gasteiger partial charge in [-0.1, -0.05) is 27.5 Å². The Labute approximate surface area is 103 Å². The minimum atomic E-state index is -0.347. The number of halogens is 2. The number of benzene rings is 1. The van der Waals surface area contributed by atoms with E-state index in [0.717, 1.165) is 4.47 Å². The second-order valence-electron chi connectivity index (χ2n) is 2.79. The molecule has 1 aromatic carbocycles. The van der Waals surface area contributed by atoms with Gasteiger partial charge in [-0.15, -0.1) is 0 Å². The fourth-order valence-electron chi connectivity index (χ4n) is 1.19. The molecule has 0 unspecified atom stereocenters. The first-order chi connectivity index (χ1) is 7.09. The minimum absolute atomic E-state index is 0.278. The maximum atomic E-state index is 11.4. The Balaban J connectivity index is 2.79. The zero-order valence-corrected chi connectivity index (χ0v) is 10.4. The molecule has 0 atom stereocenters. The number of hydrogen-bond acceptors (Lipinski definition) is 2. The topological polar surface area (TPSA) is 53.6 Å². The molecule has 0 fully saturated rings. The molecular weight excluding hydrogens is 302 g/mol. The van der Waals surface area contributed by atoms with E-state index in [1.54, 1.807) is 18.2 Å². The summed E-state index contributed by atoms with van der Waals surface area (Å²) in [6, 6.07) is 5.20. The summed E-state index contributed by atoms with van der Waals surface area (Å²) in [5.41, 5.74) is 0.193. The van der Waals surface area contributed by atoms with Gasteiger partial charge in [0.1, 0.15) is 0 Å². The second-order valence-corrected chi connectivity index (χ2v) is 4.50. The Morgan fingerprint density at radius 1 is 1.40 bits per heavy atom. The summed E-state index contributed by atoms with van der Waals surface area (Å²) in [6.45, 7) is 0. The Kier molecular flexibility index (Phi) is 2.81. The molecule has 0 saturated carbocycles. The lowest BCUT2D eigenvalue weighted by atomic mass is 10.3. The first-order valence-electron chi connectivity index (χ1n) is 3.95. The van der Waals surface area contributed by atoms with Gasteiger partial charge < -0.3 is 0 Å². The number of H-pyrrole nitrogens is 2. The van der Waals surface area contributed by atoms with Crippen LogP contribution in [0.4, 0.5) is 0 Å². The molecule has 2 aromatic rings. The molecule has 0 saturated heterocycles. The van der Waals surface area contributed by atoms with Crippen LogP contribution in [0.5, 0.6) is 0 Å². The van der Waals surface area contributed by atoms with Crippen molar-refractivity contribution in [2.45, 2.75) is 0 Å². The van der Waals surface area contributed by atoms with Gasteiger partial charge in [-0.2, -0.15) is 0 Å². The first kappa shape index (κ1) is 10.7. The summed E-state index contributed by atoms with van der Waals surface area (Å²) in [4.78, 5) is 11.4. The molecule has 0 aliphatic heterocycles. The van der Waals surface area contributed by atoms with Crippen molar-refractivity contribution >= 4 is 39.7 Å². The largest absolute Gasteiger partial charge is 0.347 e. The third-order valence-electron chi connectivity index (χ3n) is 1.83. The lowest BCUT2D eigenvalue weighted by Crippen LogP contribution is -2.15. The van der Waals surface area contributed by atoms with Crippen molar-refractivity contribution in [3.05, 3.63) is 42.9 Å². The molecule has 2 N–H and O–H groups in total. The van der Waals surface area contributed by atoms with E-state index in [9.17, 15) is 4.79 Å². The molecular formula is C8H5BrClN3OS. The highest BCUT2D eigenvalue weighted by Crippen LogP contribution is 2.23. The first-order valence-corrected chi connectivity index (χ1v) is 5.52. The molecule has 0 aliphatic rings. The van der Waals surface area contributed by atoms with Gasteiger partial charge in [0.15, 0.2) is 0 Å². The van der Waals surface area contributed by atoms with Crippen molar-refractivity contribution in [3.8, 4) is 5.69 Å². The van der Waals surface area contributed by atoms with Crippen molar-refractivity contribution < 1.29 is 0 Å². The number of nitrogens with zero attached hydrogens (tertiary/aromatic N) is 1. The standard InChI is InChI=1S/C8H5BrClN3OS/c9-4-1-2-5(10)6(3-4)13-7(14)11-12-8(13)15/h1-3H,(H,11,14)(H,12,15). The van der Waals surface area contributed by atoms with Gasteiger partial charge in [0, 0.05) is 4.47 Å². The average Bonchev–Trinajstić information content (AvgIpc) is 2.51. The summed E-state index contributed by atoms with van der Waals surface area (Å²) in [5.74, 6) is 0. The Hall–Kier alpha value is -0.850. The van der Waals surface area contributed by atoms with Crippen molar-refractivity contribution in [2.75, 3.05) is 0 Å². The second kappa shape index (κ2) is 3.96. The Morgan fingerprint density at radius 2 is 2.13 bits per heavy atom. The van der Waals surface area contributed by atoms with Crippen LogP contribution in [0.15, 0.2) is 27.5 Å². The summed E-state index contributed by atoms with van der Waals surface area (Å²) in [7, 11) is 0. The van der Waals surface area contributed by atoms with Gasteiger partial charge in [-0.25, -0.2) is 14.5 Å². The molecule has 1 heterocycles. The number of rotatable bonds is 1. The molecule has 78 valence electrons. The van der Waals surface area contributed by atoms with Crippen LogP contribution < -0.4 is 5.69 Å².